The molecule has 0 amide bonds. The van der Waals surface area contributed by atoms with Gasteiger partial charge in [-0.1, -0.05) is 0 Å². The Balaban J connectivity index is 4.32. The average molecular weight is 184 g/mol. The minimum absolute atomic E-state index is 0.118. The van der Waals surface area contributed by atoms with E-state index in [1.165, 1.54) is 0 Å². The first kappa shape index (κ1) is 11.8. The number of hydrogen-bond acceptors (Lipinski definition) is 3. The van der Waals surface area contributed by atoms with Gasteiger partial charge in [-0.3, -0.25) is 10.4 Å². The van der Waals surface area contributed by atoms with Crippen molar-refractivity contribution in [1.29, 1.82) is 5.41 Å². The number of nitrogens with zero attached hydrogens (tertiary/aromatic N) is 1. The SMILES string of the molecule is CC(CC(=N)C(=O)O)=NC(C)(C)C. The van der Waals surface area contributed by atoms with Crippen molar-refractivity contribution in [3.8, 4) is 0 Å². The first-order valence-corrected chi connectivity index (χ1v) is 4.08. The molecule has 0 aromatic heterocycles. The molecule has 0 unspecified atom stereocenters. The third-order valence-corrected chi connectivity index (χ3v) is 1.22. The smallest absolute Gasteiger partial charge is 0.349 e. The van der Waals surface area contributed by atoms with E-state index in [0.29, 0.717) is 5.71 Å². The lowest BCUT2D eigenvalue weighted by Crippen LogP contribution is -2.18. The number of nitrogens with one attached hydrogen (secondary N) is 1. The summed E-state index contributed by atoms with van der Waals surface area (Å²) in [6, 6.07) is 0. The second kappa shape index (κ2) is 4.16. The number of aliphatic imine (C=N–C) groups is 1. The average Bonchev–Trinajstić information content (AvgIpc) is 1.81. The Morgan fingerprint density at radius 2 is 1.92 bits per heavy atom. The van der Waals surface area contributed by atoms with Gasteiger partial charge in [0.05, 0.1) is 5.54 Å². The van der Waals surface area contributed by atoms with Gasteiger partial charge in [-0.2, -0.15) is 0 Å². The summed E-state index contributed by atoms with van der Waals surface area (Å²) in [6.07, 6.45) is 0.118. The zero-order valence-corrected chi connectivity index (χ0v) is 8.51. The van der Waals surface area contributed by atoms with Crippen LogP contribution in [0.15, 0.2) is 4.99 Å². The summed E-state index contributed by atoms with van der Waals surface area (Å²) in [7, 11) is 0. The van der Waals surface area contributed by atoms with Crippen LogP contribution in [0.1, 0.15) is 34.1 Å². The molecule has 0 bridgehead atoms. The molecular formula is C9H16N2O2. The van der Waals surface area contributed by atoms with Gasteiger partial charge in [0.2, 0.25) is 0 Å². The van der Waals surface area contributed by atoms with Crippen molar-refractivity contribution >= 4 is 17.4 Å². The molecule has 4 heteroatoms. The molecule has 0 aromatic carbocycles. The lowest BCUT2D eigenvalue weighted by atomic mass is 10.1. The number of carbonyl (C=O) groups is 1. The van der Waals surface area contributed by atoms with Crippen molar-refractivity contribution in [2.45, 2.75) is 39.7 Å². The molecule has 0 rings (SSSR count). The van der Waals surface area contributed by atoms with Gasteiger partial charge in [0, 0.05) is 12.1 Å². The maximum absolute atomic E-state index is 10.3. The van der Waals surface area contributed by atoms with Gasteiger partial charge in [-0.05, 0) is 27.7 Å². The Kier molecular flexibility index (Phi) is 3.78. The van der Waals surface area contributed by atoms with E-state index < -0.39 is 5.97 Å². The fourth-order valence-corrected chi connectivity index (χ4v) is 0.944. The zero-order chi connectivity index (χ0) is 10.6. The molecule has 0 atom stereocenters. The third kappa shape index (κ3) is 6.02. The quantitative estimate of drug-likeness (QED) is 0.655. The summed E-state index contributed by atoms with van der Waals surface area (Å²) in [6.45, 7) is 7.53. The largest absolute Gasteiger partial charge is 0.477 e. The molecule has 0 aliphatic heterocycles. The number of carboxylic acid groups (broad SMARTS) is 1. The van der Waals surface area contributed by atoms with Gasteiger partial charge >= 0.3 is 5.97 Å². The number of rotatable bonds is 3. The van der Waals surface area contributed by atoms with Crippen molar-refractivity contribution in [3.63, 3.8) is 0 Å². The minimum atomic E-state index is -1.18. The normalized spacial score (nSPS) is 12.8. The molecule has 2 N–H and O–H groups in total. The van der Waals surface area contributed by atoms with Gasteiger partial charge < -0.3 is 5.11 Å². The highest BCUT2D eigenvalue weighted by Crippen LogP contribution is 2.07. The summed E-state index contributed by atoms with van der Waals surface area (Å²) < 4.78 is 0. The molecule has 0 aliphatic carbocycles. The summed E-state index contributed by atoms with van der Waals surface area (Å²) in [5.41, 5.74) is 0.161. The van der Waals surface area contributed by atoms with Crippen LogP contribution in [0.2, 0.25) is 0 Å². The summed E-state index contributed by atoms with van der Waals surface area (Å²) in [5, 5.41) is 15.6. The summed E-state index contributed by atoms with van der Waals surface area (Å²) in [4.78, 5) is 14.6. The van der Waals surface area contributed by atoms with E-state index in [0.717, 1.165) is 0 Å². The van der Waals surface area contributed by atoms with Crippen LogP contribution >= 0.6 is 0 Å². The predicted molar refractivity (Wildman–Crippen MR) is 52.8 cm³/mol. The summed E-state index contributed by atoms with van der Waals surface area (Å²) >= 11 is 0. The van der Waals surface area contributed by atoms with E-state index >= 15 is 0 Å². The third-order valence-electron chi connectivity index (χ3n) is 1.22. The Hall–Kier alpha value is -1.19. The second-order valence-corrected chi connectivity index (χ2v) is 3.98. The minimum Gasteiger partial charge on any atom is -0.477 e. The Labute approximate surface area is 78.2 Å². The van der Waals surface area contributed by atoms with Gasteiger partial charge in [0.1, 0.15) is 5.71 Å². The molecule has 0 spiro atoms. The van der Waals surface area contributed by atoms with Crippen LogP contribution in [0.5, 0.6) is 0 Å². The van der Waals surface area contributed by atoms with Crippen molar-refractivity contribution < 1.29 is 9.90 Å². The van der Waals surface area contributed by atoms with Gasteiger partial charge in [-0.25, -0.2) is 4.79 Å². The van der Waals surface area contributed by atoms with Crippen molar-refractivity contribution in [1.82, 2.24) is 0 Å². The Morgan fingerprint density at radius 1 is 1.46 bits per heavy atom. The second-order valence-electron chi connectivity index (χ2n) is 3.98. The topological polar surface area (TPSA) is 73.5 Å². The first-order chi connectivity index (χ1) is 5.72. The first-order valence-electron chi connectivity index (χ1n) is 4.08. The molecule has 0 aliphatic rings. The highest BCUT2D eigenvalue weighted by molar-refractivity contribution is 6.37. The van der Waals surface area contributed by atoms with E-state index in [1.54, 1.807) is 6.92 Å². The van der Waals surface area contributed by atoms with Crippen LogP contribution in [0.4, 0.5) is 0 Å². The lowest BCUT2D eigenvalue weighted by Gasteiger charge is -2.13. The van der Waals surface area contributed by atoms with E-state index in [-0.39, 0.29) is 17.7 Å². The van der Waals surface area contributed by atoms with Gasteiger partial charge in [-0.15, -0.1) is 0 Å². The Morgan fingerprint density at radius 3 is 2.23 bits per heavy atom. The van der Waals surface area contributed by atoms with Gasteiger partial charge in [0.25, 0.3) is 0 Å². The standard InChI is InChI=1S/C9H16N2O2/c1-6(11-9(2,3)4)5-7(10)8(12)13/h10H,5H2,1-4H3,(H,12,13). The fraction of sp³-hybridized carbons (Fsp3) is 0.667. The van der Waals surface area contributed by atoms with E-state index in [9.17, 15) is 4.79 Å². The monoisotopic (exact) mass is 184 g/mol. The molecule has 0 radical (unpaired) electrons. The molecule has 0 saturated heterocycles. The number of carboxylic acids is 1. The number of hydrogen-bond donors (Lipinski definition) is 2. The molecule has 0 heterocycles. The van der Waals surface area contributed by atoms with Crippen LogP contribution in [0, 0.1) is 5.41 Å². The maximum atomic E-state index is 10.3. The molecular weight excluding hydrogens is 168 g/mol. The van der Waals surface area contributed by atoms with Crippen LogP contribution in [0.25, 0.3) is 0 Å². The lowest BCUT2D eigenvalue weighted by molar-refractivity contribution is -0.129. The highest BCUT2D eigenvalue weighted by Gasteiger charge is 2.11. The van der Waals surface area contributed by atoms with E-state index in [1.807, 2.05) is 20.8 Å². The maximum Gasteiger partial charge on any atom is 0.349 e. The molecule has 0 saturated carbocycles. The van der Waals surface area contributed by atoms with E-state index in [4.69, 9.17) is 10.5 Å². The number of aliphatic carboxylic acids is 1. The summed E-state index contributed by atoms with van der Waals surface area (Å²) in [5.74, 6) is -1.18. The highest BCUT2D eigenvalue weighted by atomic mass is 16.4. The van der Waals surface area contributed by atoms with Crippen molar-refractivity contribution in [3.05, 3.63) is 0 Å². The molecule has 0 fully saturated rings. The predicted octanol–water partition coefficient (Wildman–Crippen LogP) is 1.74. The van der Waals surface area contributed by atoms with Crippen LogP contribution < -0.4 is 0 Å². The molecule has 13 heavy (non-hydrogen) atoms. The van der Waals surface area contributed by atoms with Crippen LogP contribution in [0.3, 0.4) is 0 Å². The van der Waals surface area contributed by atoms with Crippen molar-refractivity contribution in [2.75, 3.05) is 0 Å². The van der Waals surface area contributed by atoms with Crippen LogP contribution in [-0.4, -0.2) is 28.0 Å². The van der Waals surface area contributed by atoms with E-state index in [2.05, 4.69) is 4.99 Å². The zero-order valence-electron chi connectivity index (χ0n) is 8.51. The molecule has 4 nitrogen and oxygen atoms in total. The molecule has 0 aromatic rings. The fourth-order valence-electron chi connectivity index (χ4n) is 0.944. The van der Waals surface area contributed by atoms with Crippen molar-refractivity contribution in [2.24, 2.45) is 4.99 Å². The van der Waals surface area contributed by atoms with Crippen LogP contribution in [-0.2, 0) is 4.79 Å². The Bertz CT molecular complexity index is 249. The van der Waals surface area contributed by atoms with Gasteiger partial charge in [0.15, 0.2) is 0 Å². The molecule has 74 valence electrons.